The molecule has 0 saturated carbocycles. The second-order valence-electron chi connectivity index (χ2n) is 5.24. The first kappa shape index (κ1) is 13.5. The highest BCUT2D eigenvalue weighted by atomic mass is 16.2. The van der Waals surface area contributed by atoms with Crippen LogP contribution in [-0.4, -0.2) is 29.9 Å². The lowest BCUT2D eigenvalue weighted by molar-refractivity contribution is -0.122. The largest absolute Gasteiger partial charge is 0.300 e. The lowest BCUT2D eigenvalue weighted by atomic mass is 9.86. The van der Waals surface area contributed by atoms with Gasteiger partial charge in [-0.2, -0.15) is 0 Å². The molecule has 3 N–H and O–H groups in total. The van der Waals surface area contributed by atoms with E-state index in [9.17, 15) is 4.79 Å². The number of hydrogen-bond donors (Lipinski definition) is 2. The van der Waals surface area contributed by atoms with Crippen molar-refractivity contribution in [2.45, 2.75) is 46.1 Å². The molecule has 1 unspecified atom stereocenters. The second-order valence-corrected chi connectivity index (χ2v) is 5.24. The van der Waals surface area contributed by atoms with E-state index in [-0.39, 0.29) is 5.91 Å². The minimum atomic E-state index is -0.0708. The van der Waals surface area contributed by atoms with Crippen molar-refractivity contribution in [3.8, 4) is 0 Å². The normalized spacial score (nSPS) is 21.1. The highest BCUT2D eigenvalue weighted by Crippen LogP contribution is 2.25. The summed E-state index contributed by atoms with van der Waals surface area (Å²) in [6, 6.07) is 0.302. The Labute approximate surface area is 98.5 Å². The van der Waals surface area contributed by atoms with E-state index in [1.807, 2.05) is 0 Å². The Morgan fingerprint density at radius 1 is 1.38 bits per heavy atom. The highest BCUT2D eigenvalue weighted by Gasteiger charge is 2.25. The van der Waals surface area contributed by atoms with Gasteiger partial charge in [0, 0.05) is 12.5 Å². The molecule has 1 atom stereocenters. The van der Waals surface area contributed by atoms with Crippen LogP contribution >= 0.6 is 0 Å². The molecule has 1 fully saturated rings. The maximum absolute atomic E-state index is 11.2. The monoisotopic (exact) mass is 227 g/mol. The quantitative estimate of drug-likeness (QED) is 0.430. The second kappa shape index (κ2) is 6.21. The van der Waals surface area contributed by atoms with Gasteiger partial charge in [0.05, 0.1) is 0 Å². The standard InChI is InChI=1S/C12H25N3O/c1-9(2)11-4-6-15(7-5-11)10(3)8-12(16)14-13/h9-11H,4-8,13H2,1-3H3,(H,14,16). The number of rotatable bonds is 4. The molecular formula is C12H25N3O. The van der Waals surface area contributed by atoms with Gasteiger partial charge in [0.15, 0.2) is 0 Å². The van der Waals surface area contributed by atoms with Crippen LogP contribution in [0.3, 0.4) is 0 Å². The van der Waals surface area contributed by atoms with Crippen LogP contribution in [0.15, 0.2) is 0 Å². The maximum Gasteiger partial charge on any atom is 0.235 e. The number of piperidine rings is 1. The van der Waals surface area contributed by atoms with Crippen molar-refractivity contribution in [2.24, 2.45) is 17.7 Å². The van der Waals surface area contributed by atoms with E-state index < -0.39 is 0 Å². The molecule has 4 nitrogen and oxygen atoms in total. The summed E-state index contributed by atoms with van der Waals surface area (Å²) in [5.41, 5.74) is 2.20. The van der Waals surface area contributed by atoms with Gasteiger partial charge in [0.25, 0.3) is 0 Å². The lowest BCUT2D eigenvalue weighted by Gasteiger charge is -2.37. The van der Waals surface area contributed by atoms with Crippen molar-refractivity contribution in [1.29, 1.82) is 0 Å². The van der Waals surface area contributed by atoms with Crippen molar-refractivity contribution >= 4 is 5.91 Å². The molecule has 1 rings (SSSR count). The van der Waals surface area contributed by atoms with Crippen LogP contribution in [0.5, 0.6) is 0 Å². The molecular weight excluding hydrogens is 202 g/mol. The van der Waals surface area contributed by atoms with E-state index in [0.717, 1.165) is 24.9 Å². The number of nitrogens with two attached hydrogens (primary N) is 1. The molecule has 1 aliphatic rings. The number of likely N-dealkylation sites (tertiary alicyclic amines) is 1. The minimum Gasteiger partial charge on any atom is -0.300 e. The van der Waals surface area contributed by atoms with Crippen LogP contribution in [0.1, 0.15) is 40.0 Å². The van der Waals surface area contributed by atoms with Gasteiger partial charge < -0.3 is 4.90 Å². The highest BCUT2D eigenvalue weighted by molar-refractivity contribution is 5.75. The van der Waals surface area contributed by atoms with Crippen LogP contribution in [0, 0.1) is 11.8 Å². The Bertz CT molecular complexity index is 222. The van der Waals surface area contributed by atoms with Crippen LogP contribution in [0.4, 0.5) is 0 Å². The van der Waals surface area contributed by atoms with E-state index in [2.05, 4.69) is 31.1 Å². The van der Waals surface area contributed by atoms with Gasteiger partial charge in [0.2, 0.25) is 5.91 Å². The van der Waals surface area contributed by atoms with E-state index in [1.54, 1.807) is 0 Å². The SMILES string of the molecule is CC(C)C1CCN(C(C)CC(=O)NN)CC1. The number of nitrogens with one attached hydrogen (secondary N) is 1. The number of hydrogen-bond acceptors (Lipinski definition) is 3. The fourth-order valence-electron chi connectivity index (χ4n) is 2.48. The predicted molar refractivity (Wildman–Crippen MR) is 65.5 cm³/mol. The third-order valence-electron chi connectivity index (χ3n) is 3.78. The number of carbonyl (C=O) groups excluding carboxylic acids is 1. The zero-order valence-electron chi connectivity index (χ0n) is 10.7. The van der Waals surface area contributed by atoms with Gasteiger partial charge in [-0.25, -0.2) is 5.84 Å². The molecule has 1 amide bonds. The molecule has 1 aliphatic heterocycles. The molecule has 0 aromatic heterocycles. The smallest absolute Gasteiger partial charge is 0.235 e. The van der Waals surface area contributed by atoms with Crippen molar-refractivity contribution in [2.75, 3.05) is 13.1 Å². The Kier molecular flexibility index (Phi) is 5.22. The third kappa shape index (κ3) is 3.76. The molecule has 1 saturated heterocycles. The van der Waals surface area contributed by atoms with Gasteiger partial charge in [-0.1, -0.05) is 13.8 Å². The molecule has 0 aromatic rings. The summed E-state index contributed by atoms with van der Waals surface area (Å²) < 4.78 is 0. The van der Waals surface area contributed by atoms with Crippen LogP contribution in [0.2, 0.25) is 0 Å². The first-order chi connectivity index (χ1) is 7.54. The van der Waals surface area contributed by atoms with E-state index in [4.69, 9.17) is 5.84 Å². The molecule has 4 heteroatoms. The molecule has 0 aliphatic carbocycles. The summed E-state index contributed by atoms with van der Waals surface area (Å²) in [5, 5.41) is 0. The molecule has 0 aromatic carbocycles. The van der Waals surface area contributed by atoms with Crippen LogP contribution in [-0.2, 0) is 4.79 Å². The zero-order chi connectivity index (χ0) is 12.1. The van der Waals surface area contributed by atoms with Gasteiger partial charge >= 0.3 is 0 Å². The fourth-order valence-corrected chi connectivity index (χ4v) is 2.48. The van der Waals surface area contributed by atoms with E-state index >= 15 is 0 Å². The van der Waals surface area contributed by atoms with Crippen molar-refractivity contribution < 1.29 is 4.79 Å². The molecule has 0 bridgehead atoms. The number of amides is 1. The number of carbonyl (C=O) groups is 1. The summed E-state index contributed by atoms with van der Waals surface area (Å²) in [5.74, 6) is 6.66. The average molecular weight is 227 g/mol. The first-order valence-electron chi connectivity index (χ1n) is 6.28. The summed E-state index contributed by atoms with van der Waals surface area (Å²) >= 11 is 0. The van der Waals surface area contributed by atoms with Crippen molar-refractivity contribution in [1.82, 2.24) is 10.3 Å². The van der Waals surface area contributed by atoms with Gasteiger partial charge in [-0.05, 0) is 44.7 Å². The average Bonchev–Trinajstić information content (AvgIpc) is 2.28. The molecule has 0 spiro atoms. The Morgan fingerprint density at radius 2 is 1.94 bits per heavy atom. The Hall–Kier alpha value is -0.610. The topological polar surface area (TPSA) is 58.4 Å². The minimum absolute atomic E-state index is 0.0708. The predicted octanol–water partition coefficient (Wildman–Crippen LogP) is 1.12. The van der Waals surface area contributed by atoms with Crippen LogP contribution < -0.4 is 11.3 Å². The van der Waals surface area contributed by atoms with E-state index in [1.165, 1.54) is 12.8 Å². The first-order valence-corrected chi connectivity index (χ1v) is 6.28. The zero-order valence-corrected chi connectivity index (χ0v) is 10.7. The molecule has 94 valence electrons. The molecule has 16 heavy (non-hydrogen) atoms. The van der Waals surface area contributed by atoms with Gasteiger partial charge in [0.1, 0.15) is 0 Å². The van der Waals surface area contributed by atoms with Crippen molar-refractivity contribution in [3.05, 3.63) is 0 Å². The summed E-state index contributed by atoms with van der Waals surface area (Å²) in [6.45, 7) is 8.92. The van der Waals surface area contributed by atoms with Crippen LogP contribution in [0.25, 0.3) is 0 Å². The van der Waals surface area contributed by atoms with E-state index in [0.29, 0.717) is 12.5 Å². The molecule has 1 heterocycles. The Balaban J connectivity index is 2.32. The number of nitrogens with zero attached hydrogens (tertiary/aromatic N) is 1. The maximum atomic E-state index is 11.2. The summed E-state index contributed by atoms with van der Waals surface area (Å²) in [7, 11) is 0. The fraction of sp³-hybridized carbons (Fsp3) is 0.917. The number of hydrazine groups is 1. The summed E-state index contributed by atoms with van der Waals surface area (Å²) in [4.78, 5) is 13.6. The Morgan fingerprint density at radius 3 is 2.38 bits per heavy atom. The van der Waals surface area contributed by atoms with Crippen molar-refractivity contribution in [3.63, 3.8) is 0 Å². The molecule has 0 radical (unpaired) electrons. The lowest BCUT2D eigenvalue weighted by Crippen LogP contribution is -2.44. The third-order valence-corrected chi connectivity index (χ3v) is 3.78. The van der Waals surface area contributed by atoms with Gasteiger partial charge in [-0.15, -0.1) is 0 Å². The summed E-state index contributed by atoms with van der Waals surface area (Å²) in [6.07, 6.45) is 3.02. The van der Waals surface area contributed by atoms with Gasteiger partial charge in [-0.3, -0.25) is 10.2 Å².